The van der Waals surface area contributed by atoms with Crippen molar-refractivity contribution in [3.8, 4) is 0 Å². The van der Waals surface area contributed by atoms with Gasteiger partial charge in [0.1, 0.15) is 0 Å². The number of nitrogens with one attached hydrogen (secondary N) is 3. The molecule has 3 N–H and O–H groups in total. The van der Waals surface area contributed by atoms with Crippen molar-refractivity contribution in [3.05, 3.63) is 29.8 Å². The number of nitrogens with zero attached hydrogens (tertiary/aromatic N) is 1. The van der Waals surface area contributed by atoms with Crippen molar-refractivity contribution < 1.29 is 14.4 Å². The van der Waals surface area contributed by atoms with Crippen LogP contribution in [0.25, 0.3) is 0 Å². The van der Waals surface area contributed by atoms with Crippen molar-refractivity contribution in [2.45, 2.75) is 12.8 Å². The summed E-state index contributed by atoms with van der Waals surface area (Å²) in [5.74, 6) is 0.0300. The van der Waals surface area contributed by atoms with Crippen LogP contribution in [0.1, 0.15) is 23.2 Å². The van der Waals surface area contributed by atoms with E-state index in [-0.39, 0.29) is 23.8 Å². The zero-order chi connectivity index (χ0) is 16.2. The van der Waals surface area contributed by atoms with Crippen LogP contribution in [-0.4, -0.2) is 44.0 Å². The molecule has 0 unspecified atom stereocenters. The number of urea groups is 1. The van der Waals surface area contributed by atoms with Crippen LogP contribution in [-0.2, 0) is 4.79 Å². The Labute approximate surface area is 134 Å². The summed E-state index contributed by atoms with van der Waals surface area (Å²) in [7, 11) is 0. The predicted molar refractivity (Wildman–Crippen MR) is 85.3 cm³/mol. The third-order valence-electron chi connectivity index (χ3n) is 3.93. The average Bonchev–Trinajstić information content (AvgIpc) is 3.33. The van der Waals surface area contributed by atoms with Gasteiger partial charge in [-0.25, -0.2) is 4.79 Å². The first-order valence-electron chi connectivity index (χ1n) is 7.86. The molecule has 1 aliphatic carbocycles. The first kappa shape index (κ1) is 15.3. The molecule has 0 radical (unpaired) electrons. The second-order valence-electron chi connectivity index (χ2n) is 5.76. The molecular formula is C16H20N4O3. The maximum Gasteiger partial charge on any atom is 0.321 e. The van der Waals surface area contributed by atoms with E-state index in [1.54, 1.807) is 29.2 Å². The third kappa shape index (κ3) is 3.80. The van der Waals surface area contributed by atoms with Crippen LogP contribution < -0.4 is 20.9 Å². The molecule has 2 fully saturated rings. The molecule has 7 nitrogen and oxygen atoms in total. The fraction of sp³-hybridized carbons (Fsp3) is 0.438. The van der Waals surface area contributed by atoms with E-state index < -0.39 is 0 Å². The van der Waals surface area contributed by atoms with Gasteiger partial charge < -0.3 is 16.0 Å². The summed E-state index contributed by atoms with van der Waals surface area (Å²) in [6, 6.07) is 6.81. The fourth-order valence-corrected chi connectivity index (χ4v) is 2.49. The normalized spacial score (nSPS) is 16.9. The Kier molecular flexibility index (Phi) is 4.45. The monoisotopic (exact) mass is 316 g/mol. The maximum absolute atomic E-state index is 12.1. The number of carbonyl (C=O) groups is 3. The lowest BCUT2D eigenvalue weighted by Crippen LogP contribution is -2.35. The molecule has 1 aliphatic heterocycles. The maximum atomic E-state index is 12.1. The van der Waals surface area contributed by atoms with Gasteiger partial charge in [0.2, 0.25) is 5.91 Å². The van der Waals surface area contributed by atoms with Gasteiger partial charge in [-0.1, -0.05) is 6.07 Å². The highest BCUT2D eigenvalue weighted by atomic mass is 16.2. The highest BCUT2D eigenvalue weighted by Gasteiger charge is 2.29. The van der Waals surface area contributed by atoms with Gasteiger partial charge >= 0.3 is 6.03 Å². The smallest absolute Gasteiger partial charge is 0.321 e. The van der Waals surface area contributed by atoms with E-state index in [1.165, 1.54) is 0 Å². The molecule has 122 valence electrons. The van der Waals surface area contributed by atoms with Crippen molar-refractivity contribution in [1.29, 1.82) is 0 Å². The van der Waals surface area contributed by atoms with E-state index in [1.807, 2.05) is 0 Å². The van der Waals surface area contributed by atoms with Crippen molar-refractivity contribution >= 4 is 23.5 Å². The molecule has 0 aromatic heterocycles. The summed E-state index contributed by atoms with van der Waals surface area (Å²) in [4.78, 5) is 36.9. The van der Waals surface area contributed by atoms with E-state index in [0.717, 1.165) is 12.8 Å². The van der Waals surface area contributed by atoms with Crippen LogP contribution in [0.2, 0.25) is 0 Å². The topological polar surface area (TPSA) is 90.5 Å². The molecule has 4 amide bonds. The van der Waals surface area contributed by atoms with E-state index in [9.17, 15) is 14.4 Å². The summed E-state index contributed by atoms with van der Waals surface area (Å²) >= 11 is 0. The first-order chi connectivity index (χ1) is 11.1. The van der Waals surface area contributed by atoms with Gasteiger partial charge in [-0.05, 0) is 31.0 Å². The Morgan fingerprint density at radius 2 is 2.00 bits per heavy atom. The third-order valence-corrected chi connectivity index (χ3v) is 3.93. The van der Waals surface area contributed by atoms with Gasteiger partial charge in [0.15, 0.2) is 0 Å². The molecule has 0 atom stereocenters. The van der Waals surface area contributed by atoms with E-state index in [0.29, 0.717) is 37.4 Å². The molecule has 1 saturated carbocycles. The second kappa shape index (κ2) is 6.68. The van der Waals surface area contributed by atoms with Gasteiger partial charge in [0.25, 0.3) is 5.91 Å². The molecule has 1 saturated heterocycles. The number of benzene rings is 1. The largest absolute Gasteiger partial charge is 0.354 e. The molecule has 23 heavy (non-hydrogen) atoms. The Hall–Kier alpha value is -2.57. The minimum absolute atomic E-state index is 0.0706. The molecule has 1 aromatic carbocycles. The molecule has 0 spiro atoms. The number of rotatable bonds is 6. The quantitative estimate of drug-likeness (QED) is 0.667. The molecule has 0 bridgehead atoms. The van der Waals surface area contributed by atoms with Crippen LogP contribution in [0.5, 0.6) is 0 Å². The van der Waals surface area contributed by atoms with Gasteiger partial charge in [-0.2, -0.15) is 0 Å². The average molecular weight is 316 g/mol. The van der Waals surface area contributed by atoms with E-state index >= 15 is 0 Å². The zero-order valence-electron chi connectivity index (χ0n) is 12.8. The molecule has 1 heterocycles. The lowest BCUT2D eigenvalue weighted by atomic mass is 10.1. The van der Waals surface area contributed by atoms with Crippen molar-refractivity contribution in [3.63, 3.8) is 0 Å². The van der Waals surface area contributed by atoms with Gasteiger partial charge in [-0.15, -0.1) is 0 Å². The van der Waals surface area contributed by atoms with Crippen LogP contribution in [0.15, 0.2) is 24.3 Å². The highest BCUT2D eigenvalue weighted by molar-refractivity contribution is 5.98. The minimum atomic E-state index is -0.216. The lowest BCUT2D eigenvalue weighted by Gasteiger charge is -2.15. The molecule has 2 aliphatic rings. The number of hydrogen-bond donors (Lipinski definition) is 3. The zero-order valence-corrected chi connectivity index (χ0v) is 12.8. The lowest BCUT2D eigenvalue weighted by molar-refractivity contribution is -0.122. The summed E-state index contributed by atoms with van der Waals surface area (Å²) in [5.41, 5.74) is 1.20. The van der Waals surface area contributed by atoms with Gasteiger partial charge in [0, 0.05) is 43.3 Å². The summed E-state index contributed by atoms with van der Waals surface area (Å²) in [6.45, 7) is 2.01. The van der Waals surface area contributed by atoms with Gasteiger partial charge in [0.05, 0.1) is 0 Å². The van der Waals surface area contributed by atoms with Crippen LogP contribution >= 0.6 is 0 Å². The summed E-state index contributed by atoms with van der Waals surface area (Å²) in [5, 5.41) is 8.30. The Bertz CT molecular complexity index is 628. The SMILES string of the molecule is O=C(NCCNC(=O)C1CC1)c1cccc(N2CCNC2=O)c1. The fourth-order valence-electron chi connectivity index (χ4n) is 2.49. The van der Waals surface area contributed by atoms with Crippen LogP contribution in [0, 0.1) is 5.92 Å². The summed E-state index contributed by atoms with van der Waals surface area (Å²) < 4.78 is 0. The predicted octanol–water partition coefficient (Wildman–Crippen LogP) is 0.472. The minimum Gasteiger partial charge on any atom is -0.354 e. The van der Waals surface area contributed by atoms with Crippen molar-refractivity contribution in [2.24, 2.45) is 5.92 Å². The van der Waals surface area contributed by atoms with E-state index in [4.69, 9.17) is 0 Å². The standard InChI is InChI=1S/C16H20N4O3/c21-14(11-4-5-11)17-6-7-18-15(22)12-2-1-3-13(10-12)20-9-8-19-16(20)23/h1-3,10-11H,4-9H2,(H,17,21)(H,18,22)(H,19,23). The van der Waals surface area contributed by atoms with Crippen LogP contribution in [0.3, 0.4) is 0 Å². The number of hydrogen-bond acceptors (Lipinski definition) is 3. The van der Waals surface area contributed by atoms with Gasteiger partial charge in [-0.3, -0.25) is 14.5 Å². The molecule has 7 heteroatoms. The molecule has 1 aromatic rings. The Morgan fingerprint density at radius 3 is 2.70 bits per heavy atom. The number of carbonyl (C=O) groups excluding carboxylic acids is 3. The molecule has 3 rings (SSSR count). The van der Waals surface area contributed by atoms with Crippen molar-refractivity contribution in [1.82, 2.24) is 16.0 Å². The van der Waals surface area contributed by atoms with Crippen molar-refractivity contribution in [2.75, 3.05) is 31.1 Å². The first-order valence-corrected chi connectivity index (χ1v) is 7.86. The number of anilines is 1. The summed E-state index contributed by atoms with van der Waals surface area (Å²) in [6.07, 6.45) is 1.93. The Balaban J connectivity index is 1.50. The highest BCUT2D eigenvalue weighted by Crippen LogP contribution is 2.28. The number of amides is 4. The second-order valence-corrected chi connectivity index (χ2v) is 5.76. The van der Waals surface area contributed by atoms with Crippen LogP contribution in [0.4, 0.5) is 10.5 Å². The van der Waals surface area contributed by atoms with E-state index in [2.05, 4.69) is 16.0 Å². The molecular weight excluding hydrogens is 296 g/mol. The Morgan fingerprint density at radius 1 is 1.22 bits per heavy atom.